The van der Waals surface area contributed by atoms with Crippen molar-refractivity contribution in [2.24, 2.45) is 0 Å². The molecule has 3 heterocycles. The molecule has 0 spiro atoms. The molecule has 3 atom stereocenters. The molecular formula is C29H33F4N5O3. The van der Waals surface area contributed by atoms with Crippen LogP contribution in [0.5, 0.6) is 5.88 Å². The third kappa shape index (κ3) is 6.70. The number of aromatic amines is 1. The number of benzene rings is 1. The van der Waals surface area contributed by atoms with Crippen LogP contribution in [0.1, 0.15) is 50.0 Å². The lowest BCUT2D eigenvalue weighted by Crippen LogP contribution is -2.55. The van der Waals surface area contributed by atoms with Crippen molar-refractivity contribution < 1.29 is 27.1 Å². The van der Waals surface area contributed by atoms with E-state index in [-0.39, 0.29) is 35.3 Å². The molecule has 1 aliphatic heterocycles. The van der Waals surface area contributed by atoms with Crippen LogP contribution < -0.4 is 20.5 Å². The molecule has 1 aromatic carbocycles. The second-order valence-electron chi connectivity index (χ2n) is 10.4. The summed E-state index contributed by atoms with van der Waals surface area (Å²) < 4.78 is 62.6. The number of carbonyl (C=O) groups is 1. The van der Waals surface area contributed by atoms with Crippen LogP contribution in [-0.4, -0.2) is 59.1 Å². The maximum absolute atomic E-state index is 15.7. The number of carbonyl (C=O) groups excluding carboxylic acids is 1. The summed E-state index contributed by atoms with van der Waals surface area (Å²) >= 11 is 0. The third-order valence-electron chi connectivity index (χ3n) is 7.45. The van der Waals surface area contributed by atoms with Gasteiger partial charge in [-0.05, 0) is 58.0 Å². The zero-order valence-electron chi connectivity index (χ0n) is 23.5. The number of anilines is 2. The molecule has 3 aromatic rings. The minimum absolute atomic E-state index is 0.0847. The highest BCUT2D eigenvalue weighted by Gasteiger charge is 2.36. The van der Waals surface area contributed by atoms with Gasteiger partial charge >= 0.3 is 6.18 Å². The van der Waals surface area contributed by atoms with Gasteiger partial charge in [0, 0.05) is 55.3 Å². The van der Waals surface area contributed by atoms with Gasteiger partial charge in [0.1, 0.15) is 5.82 Å². The molecule has 8 nitrogen and oxygen atoms in total. The maximum atomic E-state index is 15.7. The lowest BCUT2D eigenvalue weighted by atomic mass is 10.0. The van der Waals surface area contributed by atoms with Crippen LogP contribution in [-0.2, 0) is 6.18 Å². The summed E-state index contributed by atoms with van der Waals surface area (Å²) in [4.78, 5) is 35.3. The van der Waals surface area contributed by atoms with Crippen molar-refractivity contribution >= 4 is 17.3 Å². The minimum atomic E-state index is -4.94. The quantitative estimate of drug-likeness (QED) is 0.359. The molecule has 12 heteroatoms. The molecule has 1 amide bonds. The first kappa shape index (κ1) is 30.0. The number of amides is 1. The first-order chi connectivity index (χ1) is 19.3. The van der Waals surface area contributed by atoms with Gasteiger partial charge in [0.2, 0.25) is 11.4 Å². The van der Waals surface area contributed by atoms with E-state index in [1.165, 1.54) is 18.3 Å². The molecule has 3 unspecified atom stereocenters. The Hall–Kier alpha value is -3.93. The predicted octanol–water partition coefficient (Wildman–Crippen LogP) is 5.55. The molecule has 2 N–H and O–H groups in total. The van der Waals surface area contributed by atoms with Crippen LogP contribution >= 0.6 is 0 Å². The van der Waals surface area contributed by atoms with Crippen molar-refractivity contribution in [3.05, 3.63) is 70.0 Å². The van der Waals surface area contributed by atoms with E-state index < -0.39 is 34.6 Å². The van der Waals surface area contributed by atoms with Gasteiger partial charge in [-0.1, -0.05) is 6.92 Å². The van der Waals surface area contributed by atoms with Crippen LogP contribution in [0.25, 0.3) is 11.1 Å². The molecule has 0 aliphatic carbocycles. The number of likely N-dealkylation sites (N-methyl/N-ethyl adjacent to an activating group) is 1. The Bertz CT molecular complexity index is 1460. The predicted molar refractivity (Wildman–Crippen MR) is 149 cm³/mol. The third-order valence-corrected chi connectivity index (χ3v) is 7.45. The first-order valence-corrected chi connectivity index (χ1v) is 13.3. The standard InChI is InChI=1S/C29H33F4N5O3/c1-6-18(4)41-27-9-19(7-8-34-27)20-10-24(25(12-23(20)30)38-14-16(2)37(5)17(3)15-38)36-28(40)21-13-35-26(39)11-22(21)29(31,32)33/h7-13,16-18H,6,14-15H2,1-5H3,(H,35,39)(H,36,40). The first-order valence-electron chi connectivity index (χ1n) is 13.3. The molecule has 0 bridgehead atoms. The highest BCUT2D eigenvalue weighted by Crippen LogP contribution is 2.37. The summed E-state index contributed by atoms with van der Waals surface area (Å²) in [6.45, 7) is 8.85. The number of H-pyrrole nitrogens is 1. The summed E-state index contributed by atoms with van der Waals surface area (Å²) in [7, 11) is 1.98. The Morgan fingerprint density at radius 1 is 1.20 bits per heavy atom. The second kappa shape index (κ2) is 11.9. The molecule has 4 rings (SSSR count). The van der Waals surface area contributed by atoms with Crippen LogP contribution in [0.4, 0.5) is 28.9 Å². The van der Waals surface area contributed by atoms with E-state index in [9.17, 15) is 22.8 Å². The summed E-state index contributed by atoms with van der Waals surface area (Å²) in [5.74, 6) is -1.40. The largest absolute Gasteiger partial charge is 0.475 e. The summed E-state index contributed by atoms with van der Waals surface area (Å²) in [5.41, 5.74) is -2.16. The van der Waals surface area contributed by atoms with E-state index in [2.05, 4.69) is 20.2 Å². The molecule has 1 saturated heterocycles. The van der Waals surface area contributed by atoms with Gasteiger partial charge in [0.05, 0.1) is 28.6 Å². The van der Waals surface area contributed by atoms with Crippen LogP contribution in [0, 0.1) is 5.82 Å². The van der Waals surface area contributed by atoms with Gasteiger partial charge in [-0.2, -0.15) is 13.2 Å². The van der Waals surface area contributed by atoms with E-state index in [0.717, 1.165) is 12.6 Å². The number of alkyl halides is 3. The SMILES string of the molecule is CCC(C)Oc1cc(-c2cc(NC(=O)c3c[nH]c(=O)cc3C(F)(F)F)c(N3CC(C)N(C)C(C)C3)cc2F)ccn1. The van der Waals surface area contributed by atoms with E-state index in [1.54, 1.807) is 12.1 Å². The zero-order valence-corrected chi connectivity index (χ0v) is 23.5. The lowest BCUT2D eigenvalue weighted by molar-refractivity contribution is -0.138. The molecule has 220 valence electrons. The number of rotatable bonds is 7. The van der Waals surface area contributed by atoms with Crippen molar-refractivity contribution in [2.75, 3.05) is 30.4 Å². The maximum Gasteiger partial charge on any atom is 0.417 e. The van der Waals surface area contributed by atoms with Crippen molar-refractivity contribution in [2.45, 2.75) is 58.5 Å². The normalized spacial score (nSPS) is 18.7. The van der Waals surface area contributed by atoms with Gasteiger partial charge in [0.15, 0.2) is 0 Å². The van der Waals surface area contributed by atoms with Gasteiger partial charge in [-0.15, -0.1) is 0 Å². The number of aromatic nitrogens is 2. The van der Waals surface area contributed by atoms with Crippen LogP contribution in [0.15, 0.2) is 47.5 Å². The topological polar surface area (TPSA) is 90.6 Å². The number of hydrogen-bond acceptors (Lipinski definition) is 6. The van der Waals surface area contributed by atoms with E-state index in [1.807, 2.05) is 39.6 Å². The smallest absolute Gasteiger partial charge is 0.417 e. The fourth-order valence-electron chi connectivity index (χ4n) is 4.76. The van der Waals surface area contributed by atoms with Crippen molar-refractivity contribution in [3.8, 4) is 17.0 Å². The van der Waals surface area contributed by atoms with Crippen molar-refractivity contribution in [3.63, 3.8) is 0 Å². The average Bonchev–Trinajstić information content (AvgIpc) is 2.91. The number of nitrogens with one attached hydrogen (secondary N) is 2. The molecular weight excluding hydrogens is 542 g/mol. The fraction of sp³-hybridized carbons (Fsp3) is 0.414. The highest BCUT2D eigenvalue weighted by atomic mass is 19.4. The number of piperazine rings is 1. The average molecular weight is 576 g/mol. The Morgan fingerprint density at radius 2 is 1.88 bits per heavy atom. The molecule has 41 heavy (non-hydrogen) atoms. The highest BCUT2D eigenvalue weighted by molar-refractivity contribution is 6.07. The summed E-state index contributed by atoms with van der Waals surface area (Å²) in [5, 5.41) is 2.56. The van der Waals surface area contributed by atoms with Crippen molar-refractivity contribution in [1.82, 2.24) is 14.9 Å². The summed E-state index contributed by atoms with van der Waals surface area (Å²) in [6.07, 6.45) is -2.13. The lowest BCUT2D eigenvalue weighted by Gasteiger charge is -2.44. The van der Waals surface area contributed by atoms with Gasteiger partial charge < -0.3 is 19.9 Å². The number of ether oxygens (including phenoxy) is 1. The molecule has 0 radical (unpaired) electrons. The van der Waals surface area contributed by atoms with Crippen molar-refractivity contribution in [1.29, 1.82) is 0 Å². The molecule has 0 saturated carbocycles. The zero-order chi connectivity index (χ0) is 30.1. The monoisotopic (exact) mass is 575 g/mol. The number of nitrogens with zero attached hydrogens (tertiary/aromatic N) is 3. The summed E-state index contributed by atoms with van der Waals surface area (Å²) in [6, 6.07) is 6.34. The number of pyridine rings is 2. The molecule has 2 aromatic heterocycles. The Balaban J connectivity index is 1.81. The number of halogens is 4. The Morgan fingerprint density at radius 3 is 2.51 bits per heavy atom. The minimum Gasteiger partial charge on any atom is -0.475 e. The molecule has 1 aliphatic rings. The number of hydrogen-bond donors (Lipinski definition) is 2. The molecule has 1 fully saturated rings. The van der Waals surface area contributed by atoms with Crippen LogP contribution in [0.3, 0.4) is 0 Å². The van der Waals surface area contributed by atoms with Crippen LogP contribution in [0.2, 0.25) is 0 Å². The van der Waals surface area contributed by atoms with Gasteiger partial charge in [0.25, 0.3) is 5.91 Å². The fourth-order valence-corrected chi connectivity index (χ4v) is 4.76. The van der Waals surface area contributed by atoms with Gasteiger partial charge in [-0.25, -0.2) is 9.37 Å². The Labute approximate surface area is 235 Å². The van der Waals surface area contributed by atoms with E-state index in [0.29, 0.717) is 30.4 Å². The Kier molecular flexibility index (Phi) is 8.71. The van der Waals surface area contributed by atoms with E-state index in [4.69, 9.17) is 4.74 Å². The second-order valence-corrected chi connectivity index (χ2v) is 10.4. The van der Waals surface area contributed by atoms with E-state index >= 15 is 4.39 Å². The van der Waals surface area contributed by atoms with Gasteiger partial charge in [-0.3, -0.25) is 14.5 Å².